The number of carbonyl (C=O) groups excluding carboxylic acids is 1. The zero-order valence-electron chi connectivity index (χ0n) is 10.8. The van der Waals surface area contributed by atoms with Crippen molar-refractivity contribution in [3.8, 4) is 0 Å². The standard InChI is InChI=1S/C11H22N4O.HI/c1-4-15(5-2)10(16)8-13-11(12-3)14-9-6-7-9;/h9H,4-8H2,1-3H3,(H2,12,13,14);1H. The molecule has 17 heavy (non-hydrogen) atoms. The predicted molar refractivity (Wildman–Crippen MR) is 80.9 cm³/mol. The molecule has 1 fully saturated rings. The van der Waals surface area contributed by atoms with Gasteiger partial charge in [0.15, 0.2) is 5.96 Å². The van der Waals surface area contributed by atoms with E-state index in [4.69, 9.17) is 0 Å². The van der Waals surface area contributed by atoms with Gasteiger partial charge in [0.2, 0.25) is 5.91 Å². The van der Waals surface area contributed by atoms with E-state index in [9.17, 15) is 4.79 Å². The van der Waals surface area contributed by atoms with Crippen LogP contribution in [0.2, 0.25) is 0 Å². The minimum Gasteiger partial charge on any atom is -0.354 e. The van der Waals surface area contributed by atoms with Crippen LogP contribution in [0.25, 0.3) is 0 Å². The van der Waals surface area contributed by atoms with Gasteiger partial charge in [-0.2, -0.15) is 0 Å². The number of guanidine groups is 1. The molecule has 1 rings (SSSR count). The van der Waals surface area contributed by atoms with Crippen LogP contribution in [0.15, 0.2) is 4.99 Å². The van der Waals surface area contributed by atoms with Crippen LogP contribution < -0.4 is 10.6 Å². The number of halogens is 1. The van der Waals surface area contributed by atoms with Crippen molar-refractivity contribution in [3.05, 3.63) is 0 Å². The molecule has 0 bridgehead atoms. The summed E-state index contributed by atoms with van der Waals surface area (Å²) in [5.41, 5.74) is 0. The lowest BCUT2D eigenvalue weighted by atomic mass is 10.4. The van der Waals surface area contributed by atoms with Crippen LogP contribution in [0.4, 0.5) is 0 Å². The van der Waals surface area contributed by atoms with E-state index in [0.29, 0.717) is 12.6 Å². The van der Waals surface area contributed by atoms with Gasteiger partial charge in [-0.25, -0.2) is 0 Å². The highest BCUT2D eigenvalue weighted by molar-refractivity contribution is 14.0. The van der Waals surface area contributed by atoms with Crippen molar-refractivity contribution in [2.45, 2.75) is 32.7 Å². The fourth-order valence-electron chi connectivity index (χ4n) is 1.46. The maximum atomic E-state index is 11.7. The van der Waals surface area contributed by atoms with Crippen molar-refractivity contribution in [2.24, 2.45) is 4.99 Å². The first-order valence-corrected chi connectivity index (χ1v) is 5.96. The van der Waals surface area contributed by atoms with Crippen molar-refractivity contribution in [1.82, 2.24) is 15.5 Å². The smallest absolute Gasteiger partial charge is 0.241 e. The van der Waals surface area contributed by atoms with Crippen molar-refractivity contribution < 1.29 is 4.79 Å². The molecule has 0 spiro atoms. The average Bonchev–Trinajstić information content (AvgIpc) is 3.09. The fraction of sp³-hybridized carbons (Fsp3) is 0.818. The van der Waals surface area contributed by atoms with E-state index in [0.717, 1.165) is 19.0 Å². The largest absolute Gasteiger partial charge is 0.354 e. The molecule has 0 radical (unpaired) electrons. The highest BCUT2D eigenvalue weighted by atomic mass is 127. The van der Waals surface area contributed by atoms with Gasteiger partial charge in [0.25, 0.3) is 0 Å². The lowest BCUT2D eigenvalue weighted by molar-refractivity contribution is -0.129. The topological polar surface area (TPSA) is 56.7 Å². The fourth-order valence-corrected chi connectivity index (χ4v) is 1.46. The number of aliphatic imine (C=N–C) groups is 1. The van der Waals surface area contributed by atoms with Crippen molar-refractivity contribution in [1.29, 1.82) is 0 Å². The Hall–Kier alpha value is -0.530. The summed E-state index contributed by atoms with van der Waals surface area (Å²) in [6.07, 6.45) is 2.40. The maximum absolute atomic E-state index is 11.7. The van der Waals surface area contributed by atoms with Crippen molar-refractivity contribution >= 4 is 35.8 Å². The Morgan fingerprint density at radius 3 is 2.35 bits per heavy atom. The zero-order chi connectivity index (χ0) is 12.0. The third-order valence-electron chi connectivity index (χ3n) is 2.67. The third kappa shape index (κ3) is 6.09. The second kappa shape index (κ2) is 8.54. The Balaban J connectivity index is 0.00000256. The summed E-state index contributed by atoms with van der Waals surface area (Å²) in [6, 6.07) is 0.551. The van der Waals surface area contributed by atoms with Crippen molar-refractivity contribution in [3.63, 3.8) is 0 Å². The van der Waals surface area contributed by atoms with Gasteiger partial charge in [-0.15, -0.1) is 24.0 Å². The third-order valence-corrected chi connectivity index (χ3v) is 2.67. The van der Waals surface area contributed by atoms with Gasteiger partial charge in [-0.1, -0.05) is 0 Å². The molecule has 1 aliphatic rings. The first-order chi connectivity index (χ1) is 7.71. The predicted octanol–water partition coefficient (Wildman–Crippen LogP) is 0.800. The van der Waals surface area contributed by atoms with E-state index in [-0.39, 0.29) is 29.9 Å². The van der Waals surface area contributed by atoms with E-state index in [2.05, 4.69) is 15.6 Å². The number of amides is 1. The highest BCUT2D eigenvalue weighted by Gasteiger charge is 2.22. The monoisotopic (exact) mass is 354 g/mol. The van der Waals surface area contributed by atoms with Gasteiger partial charge < -0.3 is 15.5 Å². The van der Waals surface area contributed by atoms with Gasteiger partial charge in [-0.3, -0.25) is 9.79 Å². The molecule has 5 nitrogen and oxygen atoms in total. The molecule has 2 N–H and O–H groups in total. The molecule has 0 aromatic carbocycles. The second-order valence-electron chi connectivity index (χ2n) is 3.91. The van der Waals surface area contributed by atoms with Crippen LogP contribution in [-0.4, -0.2) is 49.5 Å². The van der Waals surface area contributed by atoms with Crippen LogP contribution in [0.1, 0.15) is 26.7 Å². The molecule has 100 valence electrons. The molecular weight excluding hydrogens is 331 g/mol. The number of likely N-dealkylation sites (N-methyl/N-ethyl adjacent to an activating group) is 1. The summed E-state index contributed by atoms with van der Waals surface area (Å²) in [6.45, 7) is 5.79. The van der Waals surface area contributed by atoms with Gasteiger partial charge >= 0.3 is 0 Å². The summed E-state index contributed by atoms with van der Waals surface area (Å²) in [5.74, 6) is 0.840. The van der Waals surface area contributed by atoms with E-state index in [1.807, 2.05) is 13.8 Å². The molecule has 0 unspecified atom stereocenters. The molecular formula is C11H23IN4O. The molecule has 1 saturated carbocycles. The Bertz CT molecular complexity index is 262. The molecule has 0 atom stereocenters. The quantitative estimate of drug-likeness (QED) is 0.436. The molecule has 6 heteroatoms. The summed E-state index contributed by atoms with van der Waals surface area (Å²) in [4.78, 5) is 17.6. The molecule has 1 aliphatic carbocycles. The zero-order valence-corrected chi connectivity index (χ0v) is 13.2. The van der Waals surface area contributed by atoms with Crippen LogP contribution in [0.3, 0.4) is 0 Å². The molecule has 1 amide bonds. The van der Waals surface area contributed by atoms with E-state index in [1.165, 1.54) is 12.8 Å². The van der Waals surface area contributed by atoms with Crippen LogP contribution in [0.5, 0.6) is 0 Å². The van der Waals surface area contributed by atoms with Crippen LogP contribution in [-0.2, 0) is 4.79 Å². The number of nitrogens with one attached hydrogen (secondary N) is 2. The van der Waals surface area contributed by atoms with Crippen LogP contribution >= 0.6 is 24.0 Å². The van der Waals surface area contributed by atoms with E-state index >= 15 is 0 Å². The SMILES string of the molecule is CCN(CC)C(=O)CNC(=NC)NC1CC1.I. The Morgan fingerprint density at radius 2 is 1.94 bits per heavy atom. The number of carbonyl (C=O) groups is 1. The number of nitrogens with zero attached hydrogens (tertiary/aromatic N) is 2. The summed E-state index contributed by atoms with van der Waals surface area (Å²) in [7, 11) is 1.72. The molecule has 0 aliphatic heterocycles. The first-order valence-electron chi connectivity index (χ1n) is 5.96. The van der Waals surface area contributed by atoms with E-state index in [1.54, 1.807) is 11.9 Å². The molecule has 0 saturated heterocycles. The van der Waals surface area contributed by atoms with Gasteiger partial charge in [-0.05, 0) is 26.7 Å². The van der Waals surface area contributed by atoms with E-state index < -0.39 is 0 Å². The Morgan fingerprint density at radius 1 is 1.35 bits per heavy atom. The van der Waals surface area contributed by atoms with Gasteiger partial charge in [0.1, 0.15) is 0 Å². The molecule has 0 aromatic heterocycles. The Kier molecular flexibility index (Phi) is 8.28. The number of rotatable bonds is 5. The first kappa shape index (κ1) is 16.5. The summed E-state index contributed by atoms with van der Waals surface area (Å²) < 4.78 is 0. The minimum atomic E-state index is 0. The number of hydrogen-bond acceptors (Lipinski definition) is 2. The maximum Gasteiger partial charge on any atom is 0.241 e. The molecule has 0 heterocycles. The summed E-state index contributed by atoms with van der Waals surface area (Å²) >= 11 is 0. The van der Waals surface area contributed by atoms with Crippen molar-refractivity contribution in [2.75, 3.05) is 26.7 Å². The summed E-state index contributed by atoms with van der Waals surface area (Å²) in [5, 5.41) is 6.28. The average molecular weight is 354 g/mol. The second-order valence-corrected chi connectivity index (χ2v) is 3.91. The lowest BCUT2D eigenvalue weighted by Gasteiger charge is -2.19. The van der Waals surface area contributed by atoms with Crippen LogP contribution in [0, 0.1) is 0 Å². The van der Waals surface area contributed by atoms with Gasteiger partial charge in [0.05, 0.1) is 6.54 Å². The highest BCUT2D eigenvalue weighted by Crippen LogP contribution is 2.18. The number of hydrogen-bond donors (Lipinski definition) is 2. The lowest BCUT2D eigenvalue weighted by Crippen LogP contribution is -2.45. The Labute approximate surface area is 120 Å². The minimum absolute atomic E-state index is 0. The van der Waals surface area contributed by atoms with Gasteiger partial charge in [0, 0.05) is 26.2 Å². The normalized spacial score (nSPS) is 14.9. The molecule has 0 aromatic rings.